The molecule has 1 atom stereocenters. The van der Waals surface area contributed by atoms with Crippen LogP contribution in [-0.2, 0) is 4.79 Å². The van der Waals surface area contributed by atoms with E-state index in [1.807, 2.05) is 30.3 Å². The third-order valence-electron chi connectivity index (χ3n) is 2.98. The molecule has 0 aromatic heterocycles. The molecular weight excluding hydrogens is 262 g/mol. The highest BCUT2D eigenvalue weighted by Crippen LogP contribution is 2.30. The van der Waals surface area contributed by atoms with Gasteiger partial charge in [-0.2, -0.15) is 0 Å². The first-order chi connectivity index (χ1) is 9.11. The molecule has 1 unspecified atom stereocenters. The summed E-state index contributed by atoms with van der Waals surface area (Å²) in [6, 6.07) is 15.6. The average Bonchev–Trinajstić information content (AvgIpc) is 2.42. The van der Waals surface area contributed by atoms with Crippen molar-refractivity contribution in [3.63, 3.8) is 0 Å². The number of rotatable bonds is 4. The number of nitrogens with zero attached hydrogens (tertiary/aromatic N) is 1. The molecule has 4 heteroatoms. The van der Waals surface area contributed by atoms with Gasteiger partial charge in [-0.05, 0) is 18.2 Å². The molecule has 19 heavy (non-hydrogen) atoms. The van der Waals surface area contributed by atoms with Gasteiger partial charge in [0, 0.05) is 23.3 Å². The molecule has 0 saturated heterocycles. The number of anilines is 1. The zero-order chi connectivity index (χ0) is 13.8. The first-order valence-corrected chi connectivity index (χ1v) is 6.24. The summed E-state index contributed by atoms with van der Waals surface area (Å²) in [6.07, 6.45) is 0. The molecule has 0 saturated carbocycles. The molecule has 3 nitrogen and oxygen atoms in total. The lowest BCUT2D eigenvalue weighted by Gasteiger charge is -2.27. The number of aliphatic carboxylic acids is 1. The molecule has 2 aromatic rings. The van der Waals surface area contributed by atoms with E-state index < -0.39 is 12.0 Å². The van der Waals surface area contributed by atoms with Crippen molar-refractivity contribution in [1.29, 1.82) is 0 Å². The van der Waals surface area contributed by atoms with E-state index in [9.17, 15) is 9.90 Å². The SMILES string of the molecule is CN(c1ccccc1)C(C(=O)O)c1ccccc1Cl. The van der Waals surface area contributed by atoms with Crippen LogP contribution in [0.3, 0.4) is 0 Å². The van der Waals surface area contributed by atoms with Gasteiger partial charge in [-0.15, -0.1) is 0 Å². The number of carboxylic acids is 1. The van der Waals surface area contributed by atoms with Crippen molar-refractivity contribution in [2.45, 2.75) is 6.04 Å². The van der Waals surface area contributed by atoms with Crippen LogP contribution in [0.5, 0.6) is 0 Å². The minimum absolute atomic E-state index is 0.456. The Kier molecular flexibility index (Phi) is 4.07. The van der Waals surface area contributed by atoms with Gasteiger partial charge in [0.25, 0.3) is 0 Å². The predicted molar refractivity (Wildman–Crippen MR) is 76.7 cm³/mol. The van der Waals surface area contributed by atoms with Crippen molar-refractivity contribution < 1.29 is 9.90 Å². The Morgan fingerprint density at radius 3 is 2.26 bits per heavy atom. The fourth-order valence-corrected chi connectivity index (χ4v) is 2.26. The molecule has 0 fully saturated rings. The number of carbonyl (C=O) groups is 1. The van der Waals surface area contributed by atoms with Gasteiger partial charge in [0.15, 0.2) is 6.04 Å². The zero-order valence-corrected chi connectivity index (χ0v) is 11.2. The van der Waals surface area contributed by atoms with Crippen LogP contribution in [0.4, 0.5) is 5.69 Å². The Hall–Kier alpha value is -2.00. The first-order valence-electron chi connectivity index (χ1n) is 5.86. The summed E-state index contributed by atoms with van der Waals surface area (Å²) in [4.78, 5) is 13.3. The minimum atomic E-state index is -0.931. The summed E-state index contributed by atoms with van der Waals surface area (Å²) >= 11 is 6.10. The van der Waals surface area contributed by atoms with Crippen LogP contribution in [0, 0.1) is 0 Å². The second-order valence-corrected chi connectivity index (χ2v) is 4.62. The number of carboxylic acid groups (broad SMARTS) is 1. The molecule has 0 amide bonds. The third-order valence-corrected chi connectivity index (χ3v) is 3.33. The summed E-state index contributed by atoms with van der Waals surface area (Å²) in [5, 5.41) is 9.94. The van der Waals surface area contributed by atoms with Gasteiger partial charge >= 0.3 is 5.97 Å². The molecule has 0 aliphatic carbocycles. The van der Waals surface area contributed by atoms with Gasteiger partial charge < -0.3 is 10.0 Å². The summed E-state index contributed by atoms with van der Waals surface area (Å²) in [5.74, 6) is -0.931. The molecule has 2 aromatic carbocycles. The molecular formula is C15H14ClNO2. The maximum Gasteiger partial charge on any atom is 0.331 e. The van der Waals surface area contributed by atoms with Crippen LogP contribution in [0.25, 0.3) is 0 Å². The largest absolute Gasteiger partial charge is 0.479 e. The minimum Gasteiger partial charge on any atom is -0.479 e. The highest BCUT2D eigenvalue weighted by molar-refractivity contribution is 6.31. The molecule has 0 aliphatic rings. The van der Waals surface area contributed by atoms with Gasteiger partial charge in [-0.1, -0.05) is 48.0 Å². The Labute approximate surface area is 117 Å². The van der Waals surface area contributed by atoms with Gasteiger partial charge in [0.05, 0.1) is 0 Å². The molecule has 2 rings (SSSR count). The topological polar surface area (TPSA) is 40.5 Å². The quantitative estimate of drug-likeness (QED) is 0.927. The maximum atomic E-state index is 11.6. The summed E-state index contributed by atoms with van der Waals surface area (Å²) in [7, 11) is 1.75. The van der Waals surface area contributed by atoms with E-state index in [2.05, 4.69) is 0 Å². The van der Waals surface area contributed by atoms with Crippen molar-refractivity contribution in [3.8, 4) is 0 Å². The summed E-state index contributed by atoms with van der Waals surface area (Å²) < 4.78 is 0. The van der Waals surface area contributed by atoms with Crippen molar-refractivity contribution in [2.75, 3.05) is 11.9 Å². The molecule has 0 aliphatic heterocycles. The fraction of sp³-hybridized carbons (Fsp3) is 0.133. The molecule has 1 N–H and O–H groups in total. The van der Waals surface area contributed by atoms with Crippen LogP contribution < -0.4 is 4.90 Å². The average molecular weight is 276 g/mol. The van der Waals surface area contributed by atoms with Crippen molar-refractivity contribution in [2.24, 2.45) is 0 Å². The lowest BCUT2D eigenvalue weighted by molar-refractivity contribution is -0.138. The van der Waals surface area contributed by atoms with Crippen LogP contribution in [-0.4, -0.2) is 18.1 Å². The molecule has 0 spiro atoms. The van der Waals surface area contributed by atoms with Crippen LogP contribution >= 0.6 is 11.6 Å². The normalized spacial score (nSPS) is 11.9. The highest BCUT2D eigenvalue weighted by Gasteiger charge is 2.26. The Balaban J connectivity index is 2.42. The van der Waals surface area contributed by atoms with Crippen LogP contribution in [0.15, 0.2) is 54.6 Å². The van der Waals surface area contributed by atoms with Crippen LogP contribution in [0.2, 0.25) is 5.02 Å². The standard InChI is InChI=1S/C15H14ClNO2/c1-17(11-7-3-2-4-8-11)14(15(18)19)12-9-5-6-10-13(12)16/h2-10,14H,1H3,(H,18,19). The third kappa shape index (κ3) is 2.88. The highest BCUT2D eigenvalue weighted by atomic mass is 35.5. The summed E-state index contributed by atoms with van der Waals surface area (Å²) in [5.41, 5.74) is 1.41. The van der Waals surface area contributed by atoms with E-state index in [-0.39, 0.29) is 0 Å². The van der Waals surface area contributed by atoms with Gasteiger partial charge in [-0.3, -0.25) is 0 Å². The lowest BCUT2D eigenvalue weighted by Crippen LogP contribution is -2.30. The monoisotopic (exact) mass is 275 g/mol. The second-order valence-electron chi connectivity index (χ2n) is 4.21. The van der Waals surface area contributed by atoms with Crippen LogP contribution in [0.1, 0.15) is 11.6 Å². The van der Waals surface area contributed by atoms with E-state index in [1.54, 1.807) is 36.2 Å². The lowest BCUT2D eigenvalue weighted by atomic mass is 10.0. The zero-order valence-electron chi connectivity index (χ0n) is 10.5. The number of hydrogen-bond donors (Lipinski definition) is 1. The Bertz CT molecular complexity index is 571. The number of hydrogen-bond acceptors (Lipinski definition) is 2. The number of para-hydroxylation sites is 1. The number of halogens is 1. The maximum absolute atomic E-state index is 11.6. The van der Waals surface area contributed by atoms with Gasteiger partial charge in [-0.25, -0.2) is 4.79 Å². The fourth-order valence-electron chi connectivity index (χ4n) is 2.02. The first kappa shape index (κ1) is 13.4. The van der Waals surface area contributed by atoms with Gasteiger partial charge in [0.1, 0.15) is 0 Å². The van der Waals surface area contributed by atoms with Crippen molar-refractivity contribution >= 4 is 23.3 Å². The van der Waals surface area contributed by atoms with Crippen molar-refractivity contribution in [3.05, 3.63) is 65.2 Å². The van der Waals surface area contributed by atoms with E-state index in [1.165, 1.54) is 0 Å². The smallest absolute Gasteiger partial charge is 0.331 e. The second kappa shape index (κ2) is 5.76. The van der Waals surface area contributed by atoms with E-state index in [4.69, 9.17) is 11.6 Å². The van der Waals surface area contributed by atoms with E-state index in [0.29, 0.717) is 10.6 Å². The van der Waals surface area contributed by atoms with E-state index >= 15 is 0 Å². The molecule has 98 valence electrons. The summed E-state index contributed by atoms with van der Waals surface area (Å²) in [6.45, 7) is 0. The Morgan fingerprint density at radius 2 is 1.68 bits per heavy atom. The Morgan fingerprint density at radius 1 is 1.11 bits per heavy atom. The molecule has 0 bridgehead atoms. The van der Waals surface area contributed by atoms with Crippen molar-refractivity contribution in [1.82, 2.24) is 0 Å². The van der Waals surface area contributed by atoms with Gasteiger partial charge in [0.2, 0.25) is 0 Å². The van der Waals surface area contributed by atoms with E-state index in [0.717, 1.165) is 5.69 Å². The molecule has 0 radical (unpaired) electrons. The number of benzene rings is 2. The number of likely N-dealkylation sites (N-methyl/N-ethyl adjacent to an activating group) is 1. The predicted octanol–water partition coefficient (Wildman–Crippen LogP) is 3.60. The molecule has 0 heterocycles.